The Labute approximate surface area is 170 Å². The van der Waals surface area contributed by atoms with Crippen LogP contribution in [0.1, 0.15) is 10.4 Å². The maximum Gasteiger partial charge on any atom is 0.256 e. The van der Waals surface area contributed by atoms with Crippen molar-refractivity contribution in [3.05, 3.63) is 60.2 Å². The van der Waals surface area contributed by atoms with E-state index >= 15 is 0 Å². The van der Waals surface area contributed by atoms with Gasteiger partial charge in [-0.3, -0.25) is 9.59 Å². The van der Waals surface area contributed by atoms with E-state index in [0.29, 0.717) is 37.6 Å². The molecule has 154 valence electrons. The summed E-state index contributed by atoms with van der Waals surface area (Å²) in [7, 11) is -2.45. The molecule has 0 aliphatic carbocycles. The molecule has 2 aromatic carbocycles. The molecule has 2 amide bonds. The second-order valence-corrected chi connectivity index (χ2v) is 8.62. The van der Waals surface area contributed by atoms with Crippen LogP contribution in [0, 0.1) is 0 Å². The predicted octanol–water partition coefficient (Wildman–Crippen LogP) is 1.42. The van der Waals surface area contributed by atoms with Gasteiger partial charge in [0.05, 0.1) is 35.9 Å². The van der Waals surface area contributed by atoms with Crippen LogP contribution in [-0.2, 0) is 19.6 Å². The van der Waals surface area contributed by atoms with Crippen molar-refractivity contribution in [3.8, 4) is 0 Å². The van der Waals surface area contributed by atoms with Gasteiger partial charge < -0.3 is 15.0 Å². The van der Waals surface area contributed by atoms with Crippen LogP contribution >= 0.6 is 0 Å². The van der Waals surface area contributed by atoms with Crippen molar-refractivity contribution >= 4 is 27.5 Å². The molecule has 29 heavy (non-hydrogen) atoms. The van der Waals surface area contributed by atoms with E-state index < -0.39 is 15.9 Å². The van der Waals surface area contributed by atoms with Crippen LogP contribution in [0.25, 0.3) is 0 Å². The largest absolute Gasteiger partial charge is 0.378 e. The van der Waals surface area contributed by atoms with E-state index in [1.54, 1.807) is 47.4 Å². The van der Waals surface area contributed by atoms with Crippen LogP contribution in [0.2, 0.25) is 0 Å². The average molecular weight is 417 g/mol. The highest BCUT2D eigenvalue weighted by molar-refractivity contribution is 7.89. The monoisotopic (exact) mass is 417 g/mol. The molecule has 1 aliphatic rings. The third-order valence-electron chi connectivity index (χ3n) is 4.55. The Bertz CT molecular complexity index is 973. The number of sulfonamides is 1. The lowest BCUT2D eigenvalue weighted by atomic mass is 10.1. The molecule has 0 bridgehead atoms. The first kappa shape index (κ1) is 21.0. The Balaban J connectivity index is 1.70. The fraction of sp³-hybridized carbons (Fsp3) is 0.300. The summed E-state index contributed by atoms with van der Waals surface area (Å²) in [4.78, 5) is 27.0. The van der Waals surface area contributed by atoms with E-state index in [4.69, 9.17) is 4.74 Å². The SMILES string of the molecule is CN(CC(=O)Nc1ccccc1C(=O)N1CCOCC1)S(=O)(=O)c1ccccc1. The number of anilines is 1. The molecule has 1 heterocycles. The first-order chi connectivity index (χ1) is 13.9. The molecule has 0 saturated carbocycles. The number of para-hydroxylation sites is 1. The number of amides is 2. The molecular formula is C20H23N3O5S. The van der Waals surface area contributed by atoms with E-state index in [2.05, 4.69) is 5.32 Å². The predicted molar refractivity (Wildman–Crippen MR) is 108 cm³/mol. The molecule has 1 saturated heterocycles. The number of nitrogens with one attached hydrogen (secondary N) is 1. The van der Waals surface area contributed by atoms with Crippen molar-refractivity contribution in [2.75, 3.05) is 45.2 Å². The highest BCUT2D eigenvalue weighted by Crippen LogP contribution is 2.19. The first-order valence-electron chi connectivity index (χ1n) is 9.17. The third-order valence-corrected chi connectivity index (χ3v) is 6.37. The number of morpholine rings is 1. The van der Waals surface area contributed by atoms with Gasteiger partial charge in [-0.1, -0.05) is 30.3 Å². The summed E-state index contributed by atoms with van der Waals surface area (Å²) >= 11 is 0. The van der Waals surface area contributed by atoms with Gasteiger partial charge in [0.1, 0.15) is 0 Å². The molecule has 3 rings (SSSR count). The quantitative estimate of drug-likeness (QED) is 0.767. The summed E-state index contributed by atoms with van der Waals surface area (Å²) in [5.41, 5.74) is 0.704. The van der Waals surface area contributed by atoms with Crippen LogP contribution in [0.15, 0.2) is 59.5 Å². The Morgan fingerprint density at radius 1 is 1.03 bits per heavy atom. The van der Waals surface area contributed by atoms with Gasteiger partial charge in [0.15, 0.2) is 0 Å². The van der Waals surface area contributed by atoms with Crippen molar-refractivity contribution in [2.24, 2.45) is 0 Å². The lowest BCUT2D eigenvalue weighted by Gasteiger charge is -2.27. The van der Waals surface area contributed by atoms with Crippen LogP contribution in [-0.4, -0.2) is 69.3 Å². The fourth-order valence-corrected chi connectivity index (χ4v) is 4.11. The fourth-order valence-electron chi connectivity index (χ4n) is 2.96. The molecule has 0 spiro atoms. The second-order valence-electron chi connectivity index (χ2n) is 6.57. The number of ether oxygens (including phenoxy) is 1. The Kier molecular flexibility index (Phi) is 6.63. The molecule has 1 fully saturated rings. The summed E-state index contributed by atoms with van der Waals surface area (Å²) < 4.78 is 31.4. The zero-order chi connectivity index (χ0) is 20.9. The summed E-state index contributed by atoms with van der Waals surface area (Å²) in [5, 5.41) is 2.66. The Morgan fingerprint density at radius 3 is 2.34 bits per heavy atom. The van der Waals surface area contributed by atoms with Gasteiger partial charge in [-0.25, -0.2) is 8.42 Å². The maximum atomic E-state index is 12.8. The molecule has 2 aromatic rings. The van der Waals surface area contributed by atoms with E-state index in [-0.39, 0.29) is 17.3 Å². The topological polar surface area (TPSA) is 96.0 Å². The maximum absolute atomic E-state index is 12.8. The molecule has 1 N–H and O–H groups in total. The van der Waals surface area contributed by atoms with Crippen molar-refractivity contribution in [1.82, 2.24) is 9.21 Å². The smallest absolute Gasteiger partial charge is 0.256 e. The highest BCUT2D eigenvalue weighted by Gasteiger charge is 2.24. The van der Waals surface area contributed by atoms with Crippen LogP contribution in [0.5, 0.6) is 0 Å². The minimum Gasteiger partial charge on any atom is -0.378 e. The molecule has 0 aromatic heterocycles. The van der Waals surface area contributed by atoms with Crippen LogP contribution in [0.4, 0.5) is 5.69 Å². The van der Waals surface area contributed by atoms with Gasteiger partial charge in [-0.15, -0.1) is 0 Å². The highest BCUT2D eigenvalue weighted by atomic mass is 32.2. The molecule has 9 heteroatoms. The molecule has 1 aliphatic heterocycles. The van der Waals surface area contributed by atoms with Crippen molar-refractivity contribution in [2.45, 2.75) is 4.90 Å². The van der Waals surface area contributed by atoms with Gasteiger partial charge in [0.25, 0.3) is 5.91 Å². The minimum atomic E-state index is -3.79. The van der Waals surface area contributed by atoms with Crippen molar-refractivity contribution in [1.29, 1.82) is 0 Å². The third kappa shape index (κ3) is 5.00. The standard InChI is InChI=1S/C20H23N3O5S/c1-22(29(26,27)16-7-3-2-4-8-16)15-19(24)21-18-10-6-5-9-17(18)20(25)23-11-13-28-14-12-23/h2-10H,11-15H2,1H3,(H,21,24). The number of benzene rings is 2. The normalized spacial score (nSPS) is 14.6. The zero-order valence-electron chi connectivity index (χ0n) is 16.1. The molecule has 8 nitrogen and oxygen atoms in total. The number of carbonyl (C=O) groups excluding carboxylic acids is 2. The van der Waals surface area contributed by atoms with Gasteiger partial charge in [0.2, 0.25) is 15.9 Å². The summed E-state index contributed by atoms with van der Waals surface area (Å²) in [6, 6.07) is 14.6. The Hall–Kier alpha value is -2.75. The van der Waals surface area contributed by atoms with E-state index in [9.17, 15) is 18.0 Å². The molecular weight excluding hydrogens is 394 g/mol. The van der Waals surface area contributed by atoms with Crippen molar-refractivity contribution in [3.63, 3.8) is 0 Å². The average Bonchev–Trinajstić information content (AvgIpc) is 2.74. The molecule has 0 radical (unpaired) electrons. The number of nitrogens with zero attached hydrogens (tertiary/aromatic N) is 2. The lowest BCUT2D eigenvalue weighted by molar-refractivity contribution is -0.116. The lowest BCUT2D eigenvalue weighted by Crippen LogP contribution is -2.41. The van der Waals surface area contributed by atoms with Gasteiger partial charge in [0, 0.05) is 20.1 Å². The zero-order valence-corrected chi connectivity index (χ0v) is 16.9. The van der Waals surface area contributed by atoms with Gasteiger partial charge in [-0.2, -0.15) is 4.31 Å². The number of hydrogen-bond donors (Lipinski definition) is 1. The minimum absolute atomic E-state index is 0.109. The first-order valence-corrected chi connectivity index (χ1v) is 10.6. The van der Waals surface area contributed by atoms with Crippen molar-refractivity contribution < 1.29 is 22.7 Å². The van der Waals surface area contributed by atoms with Gasteiger partial charge in [-0.05, 0) is 24.3 Å². The van der Waals surface area contributed by atoms with Crippen LogP contribution in [0.3, 0.4) is 0 Å². The van der Waals surface area contributed by atoms with E-state index in [1.165, 1.54) is 19.2 Å². The van der Waals surface area contributed by atoms with E-state index in [1.807, 2.05) is 0 Å². The number of rotatable bonds is 6. The van der Waals surface area contributed by atoms with Gasteiger partial charge >= 0.3 is 0 Å². The summed E-state index contributed by atoms with van der Waals surface area (Å²) in [5.74, 6) is -0.733. The number of likely N-dealkylation sites (N-methyl/N-ethyl adjacent to an activating group) is 1. The summed E-state index contributed by atoms with van der Waals surface area (Å²) in [6.45, 7) is 1.54. The number of hydrogen-bond acceptors (Lipinski definition) is 5. The molecule has 0 unspecified atom stereocenters. The van der Waals surface area contributed by atoms with Crippen LogP contribution < -0.4 is 5.32 Å². The number of carbonyl (C=O) groups is 2. The second kappa shape index (κ2) is 9.17. The Morgan fingerprint density at radius 2 is 1.66 bits per heavy atom. The molecule has 0 atom stereocenters. The summed E-state index contributed by atoms with van der Waals surface area (Å²) in [6.07, 6.45) is 0. The van der Waals surface area contributed by atoms with E-state index in [0.717, 1.165) is 4.31 Å².